The Hall–Kier alpha value is -1.00. The van der Waals surface area contributed by atoms with Gasteiger partial charge in [0.15, 0.2) is 0 Å². The fraction of sp³-hybridized carbons (Fsp3) is 0.625. The van der Waals surface area contributed by atoms with E-state index in [-0.39, 0.29) is 13.2 Å². The van der Waals surface area contributed by atoms with Crippen LogP contribution in [0.5, 0.6) is 0 Å². The van der Waals surface area contributed by atoms with Gasteiger partial charge < -0.3 is 25.2 Å². The molecule has 5 nitrogen and oxygen atoms in total. The average molecular weight is 190 g/mol. The Morgan fingerprint density at radius 1 is 1.46 bits per heavy atom. The molecule has 1 atom stereocenters. The summed E-state index contributed by atoms with van der Waals surface area (Å²) in [4.78, 5) is 0. The van der Waals surface area contributed by atoms with E-state index in [4.69, 9.17) is 20.4 Å². The Morgan fingerprint density at radius 3 is 2.69 bits per heavy atom. The Bertz CT molecular complexity index is 183. The first-order valence-electron chi connectivity index (χ1n) is 3.87. The van der Waals surface area contributed by atoms with Crippen LogP contribution in [-0.4, -0.2) is 46.4 Å². The fourth-order valence-corrected chi connectivity index (χ4v) is 0.494. The van der Waals surface area contributed by atoms with Crippen LogP contribution in [0, 0.1) is 0 Å². The Kier molecular flexibility index (Phi) is 7.05. The van der Waals surface area contributed by atoms with Gasteiger partial charge in [0, 0.05) is 6.61 Å². The van der Waals surface area contributed by atoms with Crippen LogP contribution in [-0.2, 0) is 4.74 Å². The third kappa shape index (κ3) is 7.36. The molecule has 0 bridgehead atoms. The number of rotatable bonds is 6. The van der Waals surface area contributed by atoms with E-state index in [1.54, 1.807) is 0 Å². The Morgan fingerprint density at radius 2 is 2.15 bits per heavy atom. The molecule has 4 N–H and O–H groups in total. The van der Waals surface area contributed by atoms with Crippen molar-refractivity contribution in [2.24, 2.45) is 0 Å². The topological polar surface area (TPSA) is 90.2 Å². The summed E-state index contributed by atoms with van der Waals surface area (Å²) in [6.45, 7) is -0.643. The minimum absolute atomic E-state index is 0.0282. The average Bonchev–Trinajstić information content (AvgIpc) is 2.14. The van der Waals surface area contributed by atoms with Gasteiger partial charge in [-0.3, -0.25) is 0 Å². The molecule has 0 radical (unpaired) electrons. The summed E-state index contributed by atoms with van der Waals surface area (Å²) in [5.41, 5.74) is 2.34. The molecule has 0 aliphatic heterocycles. The van der Waals surface area contributed by atoms with E-state index in [0.29, 0.717) is 6.42 Å². The van der Waals surface area contributed by atoms with Crippen molar-refractivity contribution in [3.05, 3.63) is 17.8 Å². The zero-order valence-electron chi connectivity index (χ0n) is 7.18. The number of ether oxygens (including phenoxy) is 1. The highest BCUT2D eigenvalue weighted by atomic mass is 16.6. The summed E-state index contributed by atoms with van der Waals surface area (Å²) in [5, 5.41) is 34.4. The molecule has 0 aliphatic carbocycles. The molecule has 0 heterocycles. The number of aliphatic hydroxyl groups excluding tert-OH is 4. The van der Waals surface area contributed by atoms with Crippen LogP contribution in [0.4, 0.5) is 0 Å². The van der Waals surface area contributed by atoms with Crippen molar-refractivity contribution >= 4 is 0 Å². The summed E-state index contributed by atoms with van der Waals surface area (Å²) in [6.07, 6.45) is 0.762. The van der Waals surface area contributed by atoms with E-state index in [0.717, 1.165) is 0 Å². The van der Waals surface area contributed by atoms with Crippen molar-refractivity contribution in [3.63, 3.8) is 0 Å². The molecule has 0 saturated heterocycles. The van der Waals surface area contributed by atoms with E-state index in [2.05, 4.69) is 10.5 Å². The van der Waals surface area contributed by atoms with E-state index < -0.39 is 18.7 Å². The van der Waals surface area contributed by atoms with E-state index >= 15 is 0 Å². The van der Waals surface area contributed by atoms with Gasteiger partial charge in [-0.2, -0.15) is 0 Å². The second-order valence-corrected chi connectivity index (χ2v) is 2.31. The summed E-state index contributed by atoms with van der Waals surface area (Å²) in [7, 11) is 0. The monoisotopic (exact) mass is 190 g/mol. The molecule has 76 valence electrons. The van der Waals surface area contributed by atoms with Gasteiger partial charge in [-0.05, 0) is 18.2 Å². The highest BCUT2D eigenvalue weighted by molar-refractivity contribution is 4.84. The van der Waals surface area contributed by atoms with Gasteiger partial charge in [0.1, 0.15) is 12.7 Å². The lowest BCUT2D eigenvalue weighted by Gasteiger charge is -2.06. The lowest BCUT2D eigenvalue weighted by atomic mass is 10.4. The second kappa shape index (κ2) is 7.64. The molecule has 0 rings (SSSR count). The Balaban J connectivity index is 3.72. The van der Waals surface area contributed by atoms with E-state index in [9.17, 15) is 0 Å². The second-order valence-electron chi connectivity index (χ2n) is 2.31. The third-order valence-electron chi connectivity index (χ3n) is 1.12. The molecule has 0 aromatic heterocycles. The highest BCUT2D eigenvalue weighted by Crippen LogP contribution is 1.92. The molecule has 13 heavy (non-hydrogen) atoms. The molecule has 0 aromatic rings. The smallest absolute Gasteiger partial charge is 0.324 e. The van der Waals surface area contributed by atoms with Crippen molar-refractivity contribution in [1.29, 1.82) is 0 Å². The molecule has 0 saturated carbocycles. The molecule has 0 aliphatic rings. The standard InChI is InChI=1S/C8H14O5/c9-4-2-1-3-8(12)13-6-7(11)5-10/h1,7,9-12H,2,4-6H2. The molecule has 0 aromatic carbocycles. The van der Waals surface area contributed by atoms with Gasteiger partial charge in [-0.25, -0.2) is 0 Å². The normalized spacial score (nSPS) is 11.6. The first kappa shape index (κ1) is 12.0. The van der Waals surface area contributed by atoms with E-state index in [1.807, 2.05) is 0 Å². The molecule has 0 amide bonds. The van der Waals surface area contributed by atoms with Crippen LogP contribution in [0.15, 0.2) is 17.8 Å². The van der Waals surface area contributed by atoms with Crippen molar-refractivity contribution in [2.75, 3.05) is 19.8 Å². The number of hydrogen-bond donors (Lipinski definition) is 4. The van der Waals surface area contributed by atoms with Crippen molar-refractivity contribution in [3.8, 4) is 0 Å². The van der Waals surface area contributed by atoms with Gasteiger partial charge in [-0.1, -0.05) is 0 Å². The highest BCUT2D eigenvalue weighted by Gasteiger charge is 2.02. The van der Waals surface area contributed by atoms with Crippen molar-refractivity contribution in [1.82, 2.24) is 0 Å². The van der Waals surface area contributed by atoms with Crippen LogP contribution < -0.4 is 0 Å². The van der Waals surface area contributed by atoms with Crippen LogP contribution in [0.3, 0.4) is 0 Å². The molecular formula is C8H14O5. The quantitative estimate of drug-likeness (QED) is 0.328. The van der Waals surface area contributed by atoms with E-state index in [1.165, 1.54) is 6.08 Å². The maximum Gasteiger partial charge on any atom is 0.324 e. The lowest BCUT2D eigenvalue weighted by molar-refractivity contribution is -0.000669. The van der Waals surface area contributed by atoms with Gasteiger partial charge in [0.25, 0.3) is 0 Å². The molecular weight excluding hydrogens is 176 g/mol. The molecule has 1 unspecified atom stereocenters. The van der Waals surface area contributed by atoms with Crippen molar-refractivity contribution < 1.29 is 25.2 Å². The molecule has 0 fully saturated rings. The fourth-order valence-electron chi connectivity index (χ4n) is 0.494. The minimum atomic E-state index is -1.01. The first-order valence-corrected chi connectivity index (χ1v) is 3.87. The van der Waals surface area contributed by atoms with Gasteiger partial charge in [0.2, 0.25) is 0 Å². The lowest BCUT2D eigenvalue weighted by Crippen LogP contribution is -2.18. The number of hydrogen-bond acceptors (Lipinski definition) is 5. The molecule has 5 heteroatoms. The van der Waals surface area contributed by atoms with Crippen molar-refractivity contribution in [2.45, 2.75) is 12.5 Å². The summed E-state index contributed by atoms with van der Waals surface area (Å²) in [6, 6.07) is 0. The van der Waals surface area contributed by atoms with Crippen LogP contribution in [0.2, 0.25) is 0 Å². The predicted molar refractivity (Wildman–Crippen MR) is 45.0 cm³/mol. The zero-order valence-corrected chi connectivity index (χ0v) is 7.18. The maximum atomic E-state index is 8.90. The number of aliphatic hydroxyl groups is 4. The minimum Gasteiger partial charge on any atom is -0.475 e. The SMILES string of the molecule is OCCC=C=C(O)OCC(O)CO. The largest absolute Gasteiger partial charge is 0.475 e. The molecule has 0 spiro atoms. The Labute approximate surface area is 76.2 Å². The summed E-state index contributed by atoms with van der Waals surface area (Å²) < 4.78 is 4.58. The summed E-state index contributed by atoms with van der Waals surface area (Å²) in [5.74, 6) is -0.471. The van der Waals surface area contributed by atoms with Crippen LogP contribution in [0.1, 0.15) is 6.42 Å². The predicted octanol–water partition coefficient (Wildman–Crippen LogP) is -0.707. The van der Waals surface area contributed by atoms with Gasteiger partial charge in [-0.15, -0.1) is 0 Å². The van der Waals surface area contributed by atoms with Crippen LogP contribution >= 0.6 is 0 Å². The van der Waals surface area contributed by atoms with Gasteiger partial charge >= 0.3 is 5.95 Å². The summed E-state index contributed by atoms with van der Waals surface area (Å²) >= 11 is 0. The third-order valence-corrected chi connectivity index (χ3v) is 1.12. The van der Waals surface area contributed by atoms with Gasteiger partial charge in [0.05, 0.1) is 6.61 Å². The zero-order chi connectivity index (χ0) is 10.1. The maximum absolute atomic E-state index is 8.90. The first-order chi connectivity index (χ1) is 6.20. The van der Waals surface area contributed by atoms with Crippen LogP contribution in [0.25, 0.3) is 0 Å².